The van der Waals surface area contributed by atoms with Gasteiger partial charge in [0, 0.05) is 9.50 Å². The minimum absolute atomic E-state index is 0.635. The Balaban J connectivity index is 3.04. The van der Waals surface area contributed by atoms with Crippen LogP contribution in [0.4, 0.5) is 0 Å². The highest BCUT2D eigenvalue weighted by Gasteiger charge is 1.95. The Morgan fingerprint density at radius 1 is 1.42 bits per heavy atom. The summed E-state index contributed by atoms with van der Waals surface area (Å²) in [5.41, 5.74) is 0.832. The van der Waals surface area contributed by atoms with Gasteiger partial charge in [0.2, 0.25) is 0 Å². The first-order valence-corrected chi connectivity index (χ1v) is 4.48. The quantitative estimate of drug-likeness (QED) is 0.577. The summed E-state index contributed by atoms with van der Waals surface area (Å²) in [5, 5.41) is 0.635. The van der Waals surface area contributed by atoms with Crippen LogP contribution in [0.3, 0.4) is 0 Å². The zero-order chi connectivity index (χ0) is 8.97. The summed E-state index contributed by atoms with van der Waals surface area (Å²) in [4.78, 5) is 10.0. The summed E-state index contributed by atoms with van der Waals surface area (Å²) in [6.07, 6.45) is 3.80. The van der Waals surface area contributed by atoms with Gasteiger partial charge < -0.3 is 0 Å². The second kappa shape index (κ2) is 4.43. The number of carbonyl (C=O) groups is 1. The predicted octanol–water partition coefficient (Wildman–Crippen LogP) is 3.31. The molecule has 0 unspecified atom stereocenters. The van der Waals surface area contributed by atoms with Gasteiger partial charge in [0.05, 0.1) is 0 Å². The van der Waals surface area contributed by atoms with Gasteiger partial charge in [-0.15, -0.1) is 0 Å². The van der Waals surface area contributed by atoms with Crippen LogP contribution in [0.25, 0.3) is 6.08 Å². The van der Waals surface area contributed by atoms with Gasteiger partial charge in [-0.25, -0.2) is 0 Å². The van der Waals surface area contributed by atoms with E-state index >= 15 is 0 Å². The number of carbonyl (C=O) groups excluding carboxylic acids is 1. The predicted molar refractivity (Wildman–Crippen MR) is 54.3 cm³/mol. The Hall–Kier alpha value is -0.600. The molecule has 0 atom stereocenters. The standard InChI is InChI=1S/C9H6BrClO/c10-8-3-4-9(11)7(6-8)2-1-5-12/h1-6H. The Labute approximate surface area is 84.2 Å². The number of rotatable bonds is 2. The van der Waals surface area contributed by atoms with Crippen LogP contribution in [0.15, 0.2) is 28.7 Å². The molecule has 0 saturated heterocycles. The first-order chi connectivity index (χ1) is 5.74. The Bertz CT molecular complexity index is 320. The molecule has 0 amide bonds. The van der Waals surface area contributed by atoms with Crippen LogP contribution < -0.4 is 0 Å². The summed E-state index contributed by atoms with van der Waals surface area (Å²) in [6.45, 7) is 0. The van der Waals surface area contributed by atoms with Crippen LogP contribution in [0.5, 0.6) is 0 Å². The lowest BCUT2D eigenvalue weighted by Gasteiger charge is -1.97. The van der Waals surface area contributed by atoms with Crippen molar-refractivity contribution >= 4 is 39.9 Å². The van der Waals surface area contributed by atoms with Crippen molar-refractivity contribution in [2.24, 2.45) is 0 Å². The number of hydrogen-bond donors (Lipinski definition) is 0. The number of halogens is 2. The fraction of sp³-hybridized carbons (Fsp3) is 0. The van der Waals surface area contributed by atoms with Gasteiger partial charge in [0.15, 0.2) is 0 Å². The molecule has 0 aromatic heterocycles. The number of allylic oxidation sites excluding steroid dienone is 1. The average Bonchev–Trinajstić information content (AvgIpc) is 2.07. The molecule has 0 aliphatic carbocycles. The Morgan fingerprint density at radius 2 is 2.17 bits per heavy atom. The molecule has 1 aromatic carbocycles. The maximum Gasteiger partial charge on any atom is 0.142 e. The van der Waals surface area contributed by atoms with Crippen LogP contribution in [-0.2, 0) is 4.79 Å². The SMILES string of the molecule is O=CC=Cc1cc(Br)ccc1Cl. The van der Waals surface area contributed by atoms with Crippen LogP contribution >= 0.6 is 27.5 Å². The number of benzene rings is 1. The fourth-order valence-corrected chi connectivity index (χ4v) is 1.34. The lowest BCUT2D eigenvalue weighted by atomic mass is 10.2. The fourth-order valence-electron chi connectivity index (χ4n) is 0.785. The summed E-state index contributed by atoms with van der Waals surface area (Å²) in [6, 6.07) is 5.47. The molecule has 0 spiro atoms. The molecule has 1 aromatic rings. The number of hydrogen-bond acceptors (Lipinski definition) is 1. The van der Waals surface area contributed by atoms with Crippen molar-refractivity contribution in [2.45, 2.75) is 0 Å². The summed E-state index contributed by atoms with van der Waals surface area (Å²) < 4.78 is 0.942. The molecule has 1 rings (SSSR count). The molecule has 0 aliphatic rings. The molecule has 0 aliphatic heterocycles. The average molecular weight is 246 g/mol. The van der Waals surface area contributed by atoms with E-state index < -0.39 is 0 Å². The highest BCUT2D eigenvalue weighted by Crippen LogP contribution is 2.21. The van der Waals surface area contributed by atoms with E-state index in [1.165, 1.54) is 6.08 Å². The first-order valence-electron chi connectivity index (χ1n) is 3.31. The van der Waals surface area contributed by atoms with Crippen LogP contribution in [-0.4, -0.2) is 6.29 Å². The topological polar surface area (TPSA) is 17.1 Å². The second-order valence-corrected chi connectivity index (χ2v) is 3.48. The molecule has 3 heteroatoms. The Morgan fingerprint density at radius 3 is 2.83 bits per heavy atom. The van der Waals surface area contributed by atoms with Crippen molar-refractivity contribution in [3.8, 4) is 0 Å². The third-order valence-corrected chi connectivity index (χ3v) is 2.15. The molecule has 0 fully saturated rings. The smallest absolute Gasteiger partial charge is 0.142 e. The first kappa shape index (κ1) is 9.49. The minimum Gasteiger partial charge on any atom is -0.299 e. The van der Waals surface area contributed by atoms with Gasteiger partial charge in [0.25, 0.3) is 0 Å². The van der Waals surface area contributed by atoms with Crippen LogP contribution in [0.2, 0.25) is 5.02 Å². The molecular weight excluding hydrogens is 239 g/mol. The van der Waals surface area contributed by atoms with Gasteiger partial charge >= 0.3 is 0 Å². The van der Waals surface area contributed by atoms with Crippen molar-refractivity contribution in [3.63, 3.8) is 0 Å². The van der Waals surface area contributed by atoms with E-state index in [1.54, 1.807) is 12.1 Å². The zero-order valence-corrected chi connectivity index (χ0v) is 8.47. The lowest BCUT2D eigenvalue weighted by Crippen LogP contribution is -1.75. The largest absolute Gasteiger partial charge is 0.299 e. The zero-order valence-electron chi connectivity index (χ0n) is 6.13. The van der Waals surface area contributed by atoms with Gasteiger partial charge in [-0.1, -0.05) is 33.6 Å². The van der Waals surface area contributed by atoms with Gasteiger partial charge in [-0.2, -0.15) is 0 Å². The molecule has 0 saturated carbocycles. The van der Waals surface area contributed by atoms with Gasteiger partial charge in [-0.05, 0) is 29.8 Å². The number of aldehydes is 1. The third kappa shape index (κ3) is 2.47. The van der Waals surface area contributed by atoms with E-state index in [0.29, 0.717) is 5.02 Å². The van der Waals surface area contributed by atoms with Crippen LogP contribution in [0.1, 0.15) is 5.56 Å². The van der Waals surface area contributed by atoms with Crippen molar-refractivity contribution in [1.82, 2.24) is 0 Å². The summed E-state index contributed by atoms with van der Waals surface area (Å²) in [5.74, 6) is 0. The van der Waals surface area contributed by atoms with E-state index in [2.05, 4.69) is 15.9 Å². The van der Waals surface area contributed by atoms with Crippen molar-refractivity contribution in [3.05, 3.63) is 39.3 Å². The molecule has 12 heavy (non-hydrogen) atoms. The van der Waals surface area contributed by atoms with Gasteiger partial charge in [-0.3, -0.25) is 4.79 Å². The van der Waals surface area contributed by atoms with Crippen molar-refractivity contribution in [1.29, 1.82) is 0 Å². The highest BCUT2D eigenvalue weighted by atomic mass is 79.9. The summed E-state index contributed by atoms with van der Waals surface area (Å²) in [7, 11) is 0. The lowest BCUT2D eigenvalue weighted by molar-refractivity contribution is -0.104. The van der Waals surface area contributed by atoms with E-state index in [4.69, 9.17) is 11.6 Å². The molecule has 0 bridgehead atoms. The van der Waals surface area contributed by atoms with Crippen molar-refractivity contribution in [2.75, 3.05) is 0 Å². The van der Waals surface area contributed by atoms with E-state index in [0.717, 1.165) is 16.3 Å². The summed E-state index contributed by atoms with van der Waals surface area (Å²) >= 11 is 9.15. The van der Waals surface area contributed by atoms with Crippen molar-refractivity contribution < 1.29 is 4.79 Å². The molecule has 0 radical (unpaired) electrons. The normalized spacial score (nSPS) is 10.5. The second-order valence-electron chi connectivity index (χ2n) is 2.16. The van der Waals surface area contributed by atoms with E-state index in [9.17, 15) is 4.79 Å². The third-order valence-electron chi connectivity index (χ3n) is 1.31. The molecular formula is C9H6BrClO. The monoisotopic (exact) mass is 244 g/mol. The molecule has 0 heterocycles. The van der Waals surface area contributed by atoms with E-state index in [-0.39, 0.29) is 0 Å². The van der Waals surface area contributed by atoms with Gasteiger partial charge in [0.1, 0.15) is 6.29 Å². The van der Waals surface area contributed by atoms with Crippen LogP contribution in [0, 0.1) is 0 Å². The molecule has 1 nitrogen and oxygen atoms in total. The molecule has 0 N–H and O–H groups in total. The molecule has 62 valence electrons. The maximum absolute atomic E-state index is 10.0. The minimum atomic E-state index is 0.635. The maximum atomic E-state index is 10.0. The van der Waals surface area contributed by atoms with E-state index in [1.807, 2.05) is 12.1 Å². The highest BCUT2D eigenvalue weighted by molar-refractivity contribution is 9.10. The Kier molecular flexibility index (Phi) is 3.50.